The first-order valence-electron chi connectivity index (χ1n) is 6.16. The standard InChI is InChI=1S/C13H18ClN3O/c1-8-4-2-3-5-17(8)12-10(13(16)18)6-9(15)7-11(12)14/h6-8H,2-5,15H2,1H3,(H2,16,18). The Morgan fingerprint density at radius 1 is 1.44 bits per heavy atom. The maximum Gasteiger partial charge on any atom is 0.250 e. The van der Waals surface area contributed by atoms with Crippen LogP contribution in [0.1, 0.15) is 36.5 Å². The van der Waals surface area contributed by atoms with E-state index in [9.17, 15) is 4.79 Å². The van der Waals surface area contributed by atoms with Gasteiger partial charge in [0.2, 0.25) is 0 Å². The van der Waals surface area contributed by atoms with Crippen LogP contribution in [0.2, 0.25) is 5.02 Å². The van der Waals surface area contributed by atoms with E-state index in [0.29, 0.717) is 22.3 Å². The first-order valence-corrected chi connectivity index (χ1v) is 6.54. The lowest BCUT2D eigenvalue weighted by Crippen LogP contribution is -2.39. The Labute approximate surface area is 112 Å². The molecule has 2 rings (SSSR count). The van der Waals surface area contributed by atoms with Crippen molar-refractivity contribution in [2.45, 2.75) is 32.2 Å². The Balaban J connectivity index is 2.51. The van der Waals surface area contributed by atoms with Gasteiger partial charge in [-0.15, -0.1) is 0 Å². The van der Waals surface area contributed by atoms with Gasteiger partial charge in [-0.2, -0.15) is 0 Å². The van der Waals surface area contributed by atoms with Crippen molar-refractivity contribution in [1.29, 1.82) is 0 Å². The lowest BCUT2D eigenvalue weighted by atomic mass is 10.0. The summed E-state index contributed by atoms with van der Waals surface area (Å²) in [4.78, 5) is 13.7. The SMILES string of the molecule is CC1CCCCN1c1c(Cl)cc(N)cc1C(N)=O. The van der Waals surface area contributed by atoms with Gasteiger partial charge in [0.1, 0.15) is 0 Å². The zero-order valence-corrected chi connectivity index (χ0v) is 11.2. The molecule has 1 aliphatic rings. The van der Waals surface area contributed by atoms with Crippen molar-refractivity contribution in [3.63, 3.8) is 0 Å². The van der Waals surface area contributed by atoms with Crippen molar-refractivity contribution in [2.24, 2.45) is 5.73 Å². The van der Waals surface area contributed by atoms with E-state index in [1.165, 1.54) is 6.42 Å². The van der Waals surface area contributed by atoms with Gasteiger partial charge in [0.05, 0.1) is 16.3 Å². The van der Waals surface area contributed by atoms with Crippen LogP contribution < -0.4 is 16.4 Å². The summed E-state index contributed by atoms with van der Waals surface area (Å²) in [5.74, 6) is -0.489. The summed E-state index contributed by atoms with van der Waals surface area (Å²) >= 11 is 6.25. The number of amides is 1. The molecule has 1 aromatic rings. The van der Waals surface area contributed by atoms with Crippen LogP contribution in [0.25, 0.3) is 0 Å². The van der Waals surface area contributed by atoms with Crippen molar-refractivity contribution >= 4 is 28.9 Å². The maximum atomic E-state index is 11.6. The number of nitrogen functional groups attached to an aromatic ring is 1. The number of piperidine rings is 1. The fraction of sp³-hybridized carbons (Fsp3) is 0.462. The number of benzene rings is 1. The van der Waals surface area contributed by atoms with Crippen LogP contribution in [0.4, 0.5) is 11.4 Å². The number of halogens is 1. The van der Waals surface area contributed by atoms with Crippen LogP contribution in [0, 0.1) is 0 Å². The largest absolute Gasteiger partial charge is 0.399 e. The molecule has 1 aromatic carbocycles. The molecule has 0 spiro atoms. The Kier molecular flexibility index (Phi) is 3.66. The molecular weight excluding hydrogens is 250 g/mol. The van der Waals surface area contributed by atoms with E-state index in [0.717, 1.165) is 25.1 Å². The van der Waals surface area contributed by atoms with Crippen LogP contribution in [-0.2, 0) is 0 Å². The Morgan fingerprint density at radius 3 is 2.78 bits per heavy atom. The molecule has 1 fully saturated rings. The van der Waals surface area contributed by atoms with Gasteiger partial charge in [-0.3, -0.25) is 4.79 Å². The van der Waals surface area contributed by atoms with E-state index in [1.807, 2.05) is 0 Å². The van der Waals surface area contributed by atoms with Crippen molar-refractivity contribution in [3.8, 4) is 0 Å². The molecule has 98 valence electrons. The molecule has 1 aliphatic heterocycles. The lowest BCUT2D eigenvalue weighted by Gasteiger charge is -2.37. The van der Waals surface area contributed by atoms with Crippen LogP contribution >= 0.6 is 11.6 Å². The van der Waals surface area contributed by atoms with E-state index in [2.05, 4.69) is 11.8 Å². The second kappa shape index (κ2) is 5.06. The predicted molar refractivity (Wildman–Crippen MR) is 75.0 cm³/mol. The third kappa shape index (κ3) is 2.38. The number of nitrogens with two attached hydrogens (primary N) is 2. The highest BCUT2D eigenvalue weighted by molar-refractivity contribution is 6.34. The highest BCUT2D eigenvalue weighted by Gasteiger charge is 2.25. The molecule has 0 bridgehead atoms. The van der Waals surface area contributed by atoms with Gasteiger partial charge in [-0.05, 0) is 38.3 Å². The Morgan fingerprint density at radius 2 is 2.17 bits per heavy atom. The van der Waals surface area contributed by atoms with Crippen molar-refractivity contribution in [3.05, 3.63) is 22.7 Å². The summed E-state index contributed by atoms with van der Waals surface area (Å²) in [7, 11) is 0. The van der Waals surface area contributed by atoms with E-state index < -0.39 is 5.91 Å². The zero-order valence-electron chi connectivity index (χ0n) is 10.4. The van der Waals surface area contributed by atoms with Gasteiger partial charge >= 0.3 is 0 Å². The Bertz CT molecular complexity index is 476. The van der Waals surface area contributed by atoms with E-state index in [-0.39, 0.29) is 0 Å². The number of hydrogen-bond donors (Lipinski definition) is 2. The molecule has 1 atom stereocenters. The minimum absolute atomic E-state index is 0.359. The molecule has 0 aromatic heterocycles. The van der Waals surface area contributed by atoms with Crippen molar-refractivity contribution < 1.29 is 4.79 Å². The fourth-order valence-electron chi connectivity index (χ4n) is 2.53. The van der Waals surface area contributed by atoms with E-state index >= 15 is 0 Å². The zero-order chi connectivity index (χ0) is 13.3. The minimum Gasteiger partial charge on any atom is -0.399 e. The van der Waals surface area contributed by atoms with Gasteiger partial charge in [0, 0.05) is 18.3 Å². The van der Waals surface area contributed by atoms with Crippen LogP contribution in [0.5, 0.6) is 0 Å². The summed E-state index contributed by atoms with van der Waals surface area (Å²) < 4.78 is 0. The normalized spacial score (nSPS) is 19.9. The third-order valence-electron chi connectivity index (χ3n) is 3.44. The Hall–Kier alpha value is -1.42. The van der Waals surface area contributed by atoms with Gasteiger partial charge < -0.3 is 16.4 Å². The first-order chi connectivity index (χ1) is 8.50. The molecule has 0 aliphatic carbocycles. The smallest absolute Gasteiger partial charge is 0.250 e. The van der Waals surface area contributed by atoms with Crippen molar-refractivity contribution in [2.75, 3.05) is 17.2 Å². The molecule has 1 unspecified atom stereocenters. The van der Waals surface area contributed by atoms with Crippen molar-refractivity contribution in [1.82, 2.24) is 0 Å². The number of carbonyl (C=O) groups is 1. The average Bonchev–Trinajstić information content (AvgIpc) is 2.29. The van der Waals surface area contributed by atoms with Crippen LogP contribution in [0.15, 0.2) is 12.1 Å². The minimum atomic E-state index is -0.489. The number of carbonyl (C=O) groups excluding carboxylic acids is 1. The number of nitrogens with zero attached hydrogens (tertiary/aromatic N) is 1. The quantitative estimate of drug-likeness (QED) is 0.808. The lowest BCUT2D eigenvalue weighted by molar-refractivity contribution is 0.100. The molecule has 4 N–H and O–H groups in total. The maximum absolute atomic E-state index is 11.6. The summed E-state index contributed by atoms with van der Waals surface area (Å²) in [6, 6.07) is 3.63. The number of rotatable bonds is 2. The van der Waals surface area contributed by atoms with Crippen LogP contribution in [0.3, 0.4) is 0 Å². The molecule has 18 heavy (non-hydrogen) atoms. The van der Waals surface area contributed by atoms with Gasteiger partial charge in [-0.25, -0.2) is 0 Å². The van der Waals surface area contributed by atoms with E-state index in [1.54, 1.807) is 12.1 Å². The highest BCUT2D eigenvalue weighted by Crippen LogP contribution is 2.35. The average molecular weight is 268 g/mol. The molecule has 1 saturated heterocycles. The second-order valence-corrected chi connectivity index (χ2v) is 5.21. The van der Waals surface area contributed by atoms with Gasteiger partial charge in [-0.1, -0.05) is 11.6 Å². The third-order valence-corrected chi connectivity index (χ3v) is 3.73. The van der Waals surface area contributed by atoms with Gasteiger partial charge in [0.25, 0.3) is 5.91 Å². The monoisotopic (exact) mass is 267 g/mol. The van der Waals surface area contributed by atoms with Crippen LogP contribution in [-0.4, -0.2) is 18.5 Å². The van der Waals surface area contributed by atoms with E-state index in [4.69, 9.17) is 23.1 Å². The fourth-order valence-corrected chi connectivity index (χ4v) is 2.87. The topological polar surface area (TPSA) is 72.3 Å². The molecule has 5 heteroatoms. The molecule has 4 nitrogen and oxygen atoms in total. The summed E-state index contributed by atoms with van der Waals surface area (Å²) in [6.07, 6.45) is 3.40. The first kappa shape index (κ1) is 13.0. The molecule has 1 amide bonds. The summed E-state index contributed by atoms with van der Waals surface area (Å²) in [6.45, 7) is 3.03. The molecule has 1 heterocycles. The second-order valence-electron chi connectivity index (χ2n) is 4.80. The highest BCUT2D eigenvalue weighted by atomic mass is 35.5. The van der Waals surface area contributed by atoms with Gasteiger partial charge in [0.15, 0.2) is 0 Å². The molecular formula is C13H18ClN3O. The molecule has 0 radical (unpaired) electrons. The molecule has 0 saturated carbocycles. The summed E-state index contributed by atoms with van der Waals surface area (Å²) in [5.41, 5.74) is 12.7. The number of hydrogen-bond acceptors (Lipinski definition) is 3. The number of anilines is 2. The number of primary amides is 1. The summed E-state index contributed by atoms with van der Waals surface area (Å²) in [5, 5.41) is 0.498. The predicted octanol–water partition coefficient (Wildman–Crippen LogP) is 2.40.